The molecule has 2 aromatic heterocycles. The zero-order chi connectivity index (χ0) is 15.6. The molecule has 0 saturated heterocycles. The zero-order valence-corrected chi connectivity index (χ0v) is 13.6. The lowest BCUT2D eigenvalue weighted by atomic mass is 10.2. The standard InChI is InChI=1S/C15H20N2O3S/c1-5-7-20-15(19)11(6-2)17-8-16-13-12(14(17)18)9(3)10(4)21-13/h8,11H,5-7H2,1-4H3. The molecular formula is C15H20N2O3S. The number of esters is 1. The third-order valence-electron chi connectivity index (χ3n) is 3.56. The summed E-state index contributed by atoms with van der Waals surface area (Å²) in [7, 11) is 0. The minimum Gasteiger partial charge on any atom is -0.464 e. The Balaban J connectivity index is 2.50. The Morgan fingerprint density at radius 2 is 2.14 bits per heavy atom. The van der Waals surface area contributed by atoms with Crippen molar-refractivity contribution in [2.24, 2.45) is 0 Å². The van der Waals surface area contributed by atoms with E-state index in [1.807, 2.05) is 27.7 Å². The van der Waals surface area contributed by atoms with E-state index in [-0.39, 0.29) is 11.5 Å². The predicted octanol–water partition coefficient (Wildman–Crippen LogP) is 2.98. The maximum absolute atomic E-state index is 12.7. The molecule has 1 unspecified atom stereocenters. The molecule has 2 aromatic rings. The maximum Gasteiger partial charge on any atom is 0.329 e. The van der Waals surface area contributed by atoms with E-state index in [4.69, 9.17) is 4.74 Å². The highest BCUT2D eigenvalue weighted by atomic mass is 32.1. The van der Waals surface area contributed by atoms with Crippen LogP contribution in [0.2, 0.25) is 0 Å². The van der Waals surface area contributed by atoms with Crippen LogP contribution in [-0.2, 0) is 9.53 Å². The quantitative estimate of drug-likeness (QED) is 0.797. The number of nitrogens with zero attached hydrogens (tertiary/aromatic N) is 2. The molecular weight excluding hydrogens is 288 g/mol. The second-order valence-electron chi connectivity index (χ2n) is 5.01. The van der Waals surface area contributed by atoms with Crippen molar-refractivity contribution in [1.82, 2.24) is 9.55 Å². The van der Waals surface area contributed by atoms with Gasteiger partial charge >= 0.3 is 5.97 Å². The molecule has 0 aliphatic heterocycles. The lowest BCUT2D eigenvalue weighted by molar-refractivity contribution is -0.147. The molecule has 0 bridgehead atoms. The summed E-state index contributed by atoms with van der Waals surface area (Å²) in [4.78, 5) is 30.9. The van der Waals surface area contributed by atoms with Gasteiger partial charge in [-0.3, -0.25) is 9.36 Å². The Bertz CT molecular complexity index is 718. The molecule has 6 heteroatoms. The van der Waals surface area contributed by atoms with Crippen LogP contribution in [0.15, 0.2) is 11.1 Å². The van der Waals surface area contributed by atoms with Crippen LogP contribution in [0, 0.1) is 13.8 Å². The minimum atomic E-state index is -0.611. The van der Waals surface area contributed by atoms with Crippen molar-refractivity contribution in [3.05, 3.63) is 27.1 Å². The first-order chi connectivity index (χ1) is 10.0. The van der Waals surface area contributed by atoms with Crippen LogP contribution in [0.5, 0.6) is 0 Å². The fourth-order valence-electron chi connectivity index (χ4n) is 2.25. The van der Waals surface area contributed by atoms with Gasteiger partial charge in [0.2, 0.25) is 0 Å². The van der Waals surface area contributed by atoms with Crippen molar-refractivity contribution >= 4 is 27.5 Å². The summed E-state index contributed by atoms with van der Waals surface area (Å²) in [5.41, 5.74) is 0.778. The Kier molecular flexibility index (Phi) is 4.77. The molecule has 21 heavy (non-hydrogen) atoms. The van der Waals surface area contributed by atoms with Gasteiger partial charge < -0.3 is 4.74 Å². The molecule has 0 amide bonds. The van der Waals surface area contributed by atoms with E-state index in [1.54, 1.807) is 0 Å². The number of aromatic nitrogens is 2. The summed E-state index contributed by atoms with van der Waals surface area (Å²) >= 11 is 1.50. The number of carbonyl (C=O) groups excluding carboxylic acids is 1. The molecule has 2 rings (SSSR count). The Morgan fingerprint density at radius 3 is 2.76 bits per heavy atom. The van der Waals surface area contributed by atoms with Crippen LogP contribution >= 0.6 is 11.3 Å². The van der Waals surface area contributed by atoms with Gasteiger partial charge in [-0.25, -0.2) is 9.78 Å². The first-order valence-corrected chi connectivity index (χ1v) is 7.96. The number of hydrogen-bond acceptors (Lipinski definition) is 5. The Morgan fingerprint density at radius 1 is 1.43 bits per heavy atom. The van der Waals surface area contributed by atoms with E-state index >= 15 is 0 Å². The molecule has 0 radical (unpaired) electrons. The summed E-state index contributed by atoms with van der Waals surface area (Å²) in [5.74, 6) is -0.368. The van der Waals surface area contributed by atoms with E-state index in [0.29, 0.717) is 18.4 Å². The average Bonchev–Trinajstić information content (AvgIpc) is 2.75. The van der Waals surface area contributed by atoms with Crippen LogP contribution in [0.1, 0.15) is 43.2 Å². The summed E-state index contributed by atoms with van der Waals surface area (Å²) in [6.07, 6.45) is 2.72. The lowest BCUT2D eigenvalue weighted by Crippen LogP contribution is -2.31. The molecule has 1 atom stereocenters. The molecule has 0 aliphatic rings. The number of hydrogen-bond donors (Lipinski definition) is 0. The molecule has 2 heterocycles. The third-order valence-corrected chi connectivity index (χ3v) is 4.67. The summed E-state index contributed by atoms with van der Waals surface area (Å²) in [6.45, 7) is 8.05. The first kappa shape index (κ1) is 15.7. The predicted molar refractivity (Wildman–Crippen MR) is 83.9 cm³/mol. The maximum atomic E-state index is 12.7. The smallest absolute Gasteiger partial charge is 0.329 e. The van der Waals surface area contributed by atoms with E-state index in [2.05, 4.69) is 4.98 Å². The van der Waals surface area contributed by atoms with Gasteiger partial charge in [0, 0.05) is 4.88 Å². The zero-order valence-electron chi connectivity index (χ0n) is 12.8. The topological polar surface area (TPSA) is 61.2 Å². The van der Waals surface area contributed by atoms with Crippen molar-refractivity contribution in [2.75, 3.05) is 6.61 Å². The van der Waals surface area contributed by atoms with Crippen molar-refractivity contribution in [2.45, 2.75) is 46.6 Å². The monoisotopic (exact) mass is 308 g/mol. The van der Waals surface area contributed by atoms with Gasteiger partial charge in [0.25, 0.3) is 5.56 Å². The van der Waals surface area contributed by atoms with Crippen LogP contribution in [0.3, 0.4) is 0 Å². The second kappa shape index (κ2) is 6.39. The lowest BCUT2D eigenvalue weighted by Gasteiger charge is -2.16. The van der Waals surface area contributed by atoms with Crippen molar-refractivity contribution < 1.29 is 9.53 Å². The Labute approximate surface area is 127 Å². The fraction of sp³-hybridized carbons (Fsp3) is 0.533. The largest absolute Gasteiger partial charge is 0.464 e. The number of ether oxygens (including phenoxy) is 1. The van der Waals surface area contributed by atoms with Gasteiger partial charge in [0.05, 0.1) is 18.3 Å². The van der Waals surface area contributed by atoms with Crippen molar-refractivity contribution in [3.63, 3.8) is 0 Å². The van der Waals surface area contributed by atoms with Crippen molar-refractivity contribution in [3.8, 4) is 0 Å². The number of aryl methyl sites for hydroxylation is 2. The summed E-state index contributed by atoms with van der Waals surface area (Å²) in [5, 5.41) is 0.613. The molecule has 0 fully saturated rings. The van der Waals surface area contributed by atoms with Gasteiger partial charge in [-0.2, -0.15) is 0 Å². The molecule has 5 nitrogen and oxygen atoms in total. The average molecular weight is 308 g/mol. The molecule has 0 N–H and O–H groups in total. The molecule has 0 aliphatic carbocycles. The third kappa shape index (κ3) is 2.85. The first-order valence-electron chi connectivity index (χ1n) is 7.14. The highest BCUT2D eigenvalue weighted by molar-refractivity contribution is 7.18. The van der Waals surface area contributed by atoms with E-state index < -0.39 is 6.04 Å². The molecule has 114 valence electrons. The number of rotatable bonds is 5. The van der Waals surface area contributed by atoms with Gasteiger partial charge in [-0.15, -0.1) is 11.3 Å². The van der Waals surface area contributed by atoms with Gasteiger partial charge in [-0.05, 0) is 32.3 Å². The van der Waals surface area contributed by atoms with Crippen LogP contribution < -0.4 is 5.56 Å². The number of fused-ring (bicyclic) bond motifs is 1. The Hall–Kier alpha value is -1.69. The van der Waals surface area contributed by atoms with E-state index in [1.165, 1.54) is 22.2 Å². The molecule has 0 saturated carbocycles. The fourth-order valence-corrected chi connectivity index (χ4v) is 3.23. The van der Waals surface area contributed by atoms with Gasteiger partial charge in [0.1, 0.15) is 10.9 Å². The molecule has 0 spiro atoms. The minimum absolute atomic E-state index is 0.165. The highest BCUT2D eigenvalue weighted by Crippen LogP contribution is 2.26. The van der Waals surface area contributed by atoms with Crippen LogP contribution in [-0.4, -0.2) is 22.1 Å². The summed E-state index contributed by atoms with van der Waals surface area (Å²) < 4.78 is 6.58. The second-order valence-corrected chi connectivity index (χ2v) is 6.22. The number of thiophene rings is 1. The normalized spacial score (nSPS) is 12.6. The summed E-state index contributed by atoms with van der Waals surface area (Å²) in [6, 6.07) is -0.611. The van der Waals surface area contributed by atoms with E-state index in [0.717, 1.165) is 21.7 Å². The van der Waals surface area contributed by atoms with Gasteiger partial charge in [0.15, 0.2) is 0 Å². The van der Waals surface area contributed by atoms with Gasteiger partial charge in [-0.1, -0.05) is 13.8 Å². The van der Waals surface area contributed by atoms with Crippen LogP contribution in [0.4, 0.5) is 0 Å². The molecule has 0 aromatic carbocycles. The number of carbonyl (C=O) groups is 1. The highest BCUT2D eigenvalue weighted by Gasteiger charge is 2.23. The SMILES string of the molecule is CCCOC(=O)C(CC)n1cnc2sc(C)c(C)c2c1=O. The van der Waals surface area contributed by atoms with Crippen molar-refractivity contribution in [1.29, 1.82) is 0 Å². The van der Waals surface area contributed by atoms with Crippen LogP contribution in [0.25, 0.3) is 10.2 Å². The van der Waals surface area contributed by atoms with E-state index in [9.17, 15) is 9.59 Å².